The van der Waals surface area contributed by atoms with E-state index in [1.54, 1.807) is 0 Å². The molecule has 0 unspecified atom stereocenters. The van der Waals surface area contributed by atoms with Crippen LogP contribution in [0, 0.1) is 17.3 Å². The summed E-state index contributed by atoms with van der Waals surface area (Å²) in [5.41, 5.74) is 0.881. The summed E-state index contributed by atoms with van der Waals surface area (Å²) in [6.45, 7) is 15.6. The van der Waals surface area contributed by atoms with Gasteiger partial charge in [-0.25, -0.2) is 4.79 Å². The van der Waals surface area contributed by atoms with Gasteiger partial charge in [0.15, 0.2) is 17.3 Å². The summed E-state index contributed by atoms with van der Waals surface area (Å²) >= 11 is 0. The first-order chi connectivity index (χ1) is 15.3. The quantitative estimate of drug-likeness (QED) is 0.424. The van der Waals surface area contributed by atoms with Crippen LogP contribution in [0.1, 0.15) is 96.3 Å². The Bertz CT molecular complexity index is 1050. The molecule has 0 spiro atoms. The van der Waals surface area contributed by atoms with Crippen LogP contribution in [-0.2, 0) is 11.2 Å². The maximum absolute atomic E-state index is 14.2. The highest BCUT2D eigenvalue weighted by molar-refractivity contribution is 6.26. The molecule has 0 atom stereocenters. The van der Waals surface area contributed by atoms with Crippen LogP contribution in [-0.4, -0.2) is 16.7 Å². The van der Waals surface area contributed by atoms with Crippen molar-refractivity contribution in [2.24, 2.45) is 17.3 Å². The van der Waals surface area contributed by atoms with Crippen LogP contribution in [0.15, 0.2) is 44.3 Å². The Morgan fingerprint density at radius 3 is 2.00 bits per heavy atom. The van der Waals surface area contributed by atoms with E-state index in [0.29, 0.717) is 12.0 Å². The molecule has 1 aliphatic rings. The summed E-state index contributed by atoms with van der Waals surface area (Å²) in [6.07, 6.45) is 5.01. The molecule has 1 aliphatic carbocycles. The molecule has 0 fully saturated rings. The predicted octanol–water partition coefficient (Wildman–Crippen LogP) is 6.62. The van der Waals surface area contributed by atoms with Gasteiger partial charge in [0.1, 0.15) is 5.76 Å². The number of hydrogen-bond acceptors (Lipinski definition) is 5. The van der Waals surface area contributed by atoms with Gasteiger partial charge in [0, 0.05) is 12.5 Å². The van der Waals surface area contributed by atoms with Gasteiger partial charge in [-0.05, 0) is 64.4 Å². The largest absolute Gasteiger partial charge is 0.510 e. The van der Waals surface area contributed by atoms with Crippen molar-refractivity contribution in [3.8, 4) is 0 Å². The monoisotopic (exact) mass is 454 g/mol. The molecule has 0 bridgehead atoms. The minimum absolute atomic E-state index is 0.0229. The Labute approximate surface area is 197 Å². The summed E-state index contributed by atoms with van der Waals surface area (Å²) in [5.74, 6) is -0.760. The van der Waals surface area contributed by atoms with Crippen molar-refractivity contribution in [2.45, 2.75) is 81.1 Å². The van der Waals surface area contributed by atoms with Crippen LogP contribution in [0.2, 0.25) is 0 Å². The Kier molecular flexibility index (Phi) is 8.45. The summed E-state index contributed by atoms with van der Waals surface area (Å²) in [7, 11) is 0. The first-order valence-corrected chi connectivity index (χ1v) is 11.8. The highest BCUT2D eigenvalue weighted by Crippen LogP contribution is 2.48. The second-order valence-electron chi connectivity index (χ2n) is 10.5. The van der Waals surface area contributed by atoms with Crippen LogP contribution in [0.5, 0.6) is 0 Å². The Balaban J connectivity index is 2.98. The molecule has 1 N–H and O–H groups in total. The predicted molar refractivity (Wildman–Crippen MR) is 132 cm³/mol. The average molecular weight is 455 g/mol. The van der Waals surface area contributed by atoms with Crippen molar-refractivity contribution in [2.75, 3.05) is 0 Å². The SMILES string of the molecule is CC(C)=CCC1(CC=C(C)C)C(=O)c2c(CC(C)C)cc(=O)oc2C(C(=O)CC(C)C)=C1O. The molecule has 1 heterocycles. The first kappa shape index (κ1) is 26.6. The molecule has 0 saturated carbocycles. The van der Waals surface area contributed by atoms with Gasteiger partial charge in [0.2, 0.25) is 0 Å². The van der Waals surface area contributed by atoms with E-state index < -0.39 is 11.0 Å². The molecule has 0 amide bonds. The van der Waals surface area contributed by atoms with E-state index in [9.17, 15) is 19.5 Å². The highest BCUT2D eigenvalue weighted by Gasteiger charge is 2.50. The van der Waals surface area contributed by atoms with E-state index in [1.807, 2.05) is 67.5 Å². The third-order valence-corrected chi connectivity index (χ3v) is 5.84. The number of carbonyl (C=O) groups is 2. The minimum atomic E-state index is -1.32. The molecule has 33 heavy (non-hydrogen) atoms. The number of Topliss-reactive ketones (excluding diaryl/α,β-unsaturated/α-hetero) is 2. The lowest BCUT2D eigenvalue weighted by atomic mass is 9.66. The number of carbonyl (C=O) groups excluding carboxylic acids is 2. The van der Waals surface area contributed by atoms with Gasteiger partial charge < -0.3 is 9.52 Å². The number of rotatable bonds is 9. The lowest BCUT2D eigenvalue weighted by Crippen LogP contribution is -2.39. The van der Waals surface area contributed by atoms with Crippen molar-refractivity contribution in [1.82, 2.24) is 0 Å². The second kappa shape index (κ2) is 10.5. The average Bonchev–Trinajstić information content (AvgIpc) is 2.65. The Morgan fingerprint density at radius 2 is 1.55 bits per heavy atom. The molecule has 0 aliphatic heterocycles. The normalized spacial score (nSPS) is 15.0. The smallest absolute Gasteiger partial charge is 0.336 e. The molecule has 1 aromatic heterocycles. The number of hydrogen-bond donors (Lipinski definition) is 1. The zero-order valence-electron chi connectivity index (χ0n) is 21.3. The van der Waals surface area contributed by atoms with Crippen molar-refractivity contribution < 1.29 is 19.1 Å². The first-order valence-electron chi connectivity index (χ1n) is 11.8. The molecule has 2 rings (SSSR count). The fourth-order valence-corrected chi connectivity index (χ4v) is 4.21. The summed E-state index contributed by atoms with van der Waals surface area (Å²) in [5, 5.41) is 11.6. The third-order valence-electron chi connectivity index (χ3n) is 5.84. The highest BCUT2D eigenvalue weighted by atomic mass is 16.4. The van der Waals surface area contributed by atoms with E-state index in [4.69, 9.17) is 4.42 Å². The van der Waals surface area contributed by atoms with Crippen molar-refractivity contribution in [3.05, 3.63) is 62.4 Å². The third kappa shape index (κ3) is 5.82. The van der Waals surface area contributed by atoms with Gasteiger partial charge in [-0.15, -0.1) is 0 Å². The molecule has 5 nitrogen and oxygen atoms in total. The van der Waals surface area contributed by atoms with Gasteiger partial charge >= 0.3 is 5.63 Å². The van der Waals surface area contributed by atoms with E-state index in [2.05, 4.69) is 0 Å². The van der Waals surface area contributed by atoms with Gasteiger partial charge in [-0.3, -0.25) is 9.59 Å². The lowest BCUT2D eigenvalue weighted by Gasteiger charge is -2.36. The van der Waals surface area contributed by atoms with Crippen molar-refractivity contribution in [3.63, 3.8) is 0 Å². The summed E-state index contributed by atoms with van der Waals surface area (Å²) in [6, 6.07) is 1.36. The molecule has 0 saturated heterocycles. The molecule has 180 valence electrons. The fourth-order valence-electron chi connectivity index (χ4n) is 4.21. The van der Waals surface area contributed by atoms with Crippen LogP contribution in [0.25, 0.3) is 5.57 Å². The molecular formula is C28H38O5. The molecule has 1 aromatic rings. The fraction of sp³-hybridized carbons (Fsp3) is 0.536. The van der Waals surface area contributed by atoms with Gasteiger partial charge in [0.05, 0.1) is 16.6 Å². The van der Waals surface area contributed by atoms with Gasteiger partial charge in [-0.1, -0.05) is 51.0 Å². The van der Waals surface area contributed by atoms with Crippen LogP contribution < -0.4 is 5.63 Å². The van der Waals surface area contributed by atoms with E-state index >= 15 is 0 Å². The van der Waals surface area contributed by atoms with Crippen molar-refractivity contribution >= 4 is 17.1 Å². The maximum atomic E-state index is 14.2. The Hall–Kier alpha value is -2.69. The van der Waals surface area contributed by atoms with Crippen LogP contribution >= 0.6 is 0 Å². The van der Waals surface area contributed by atoms with E-state index in [-0.39, 0.29) is 65.3 Å². The topological polar surface area (TPSA) is 84.6 Å². The van der Waals surface area contributed by atoms with Gasteiger partial charge in [-0.2, -0.15) is 0 Å². The zero-order chi connectivity index (χ0) is 25.1. The van der Waals surface area contributed by atoms with Crippen molar-refractivity contribution in [1.29, 1.82) is 0 Å². The van der Waals surface area contributed by atoms with E-state index in [0.717, 1.165) is 11.1 Å². The number of ketones is 2. The number of aliphatic hydroxyl groups excluding tert-OH is 1. The minimum Gasteiger partial charge on any atom is -0.510 e. The number of allylic oxidation sites excluding steroid dienone is 6. The summed E-state index contributed by atoms with van der Waals surface area (Å²) in [4.78, 5) is 40.0. The lowest BCUT2D eigenvalue weighted by molar-refractivity contribution is -0.114. The summed E-state index contributed by atoms with van der Waals surface area (Å²) < 4.78 is 5.48. The molecule has 0 radical (unpaired) electrons. The number of aliphatic hydroxyl groups is 1. The Morgan fingerprint density at radius 1 is 1.00 bits per heavy atom. The number of fused-ring (bicyclic) bond motifs is 1. The molecular weight excluding hydrogens is 416 g/mol. The standard InChI is InChI=1S/C28H38O5/c1-16(2)9-11-28(12-10-17(3)4)26(31)23-20(13-18(5)6)15-22(30)33-25(23)24(27(28)32)21(29)14-19(7)8/h9-10,15,18-19,32H,11-14H2,1-8H3. The molecule has 0 aromatic carbocycles. The van der Waals surface area contributed by atoms with Gasteiger partial charge in [0.25, 0.3) is 0 Å². The van der Waals surface area contributed by atoms with Crippen LogP contribution in [0.4, 0.5) is 0 Å². The molecule has 5 heteroatoms. The van der Waals surface area contributed by atoms with E-state index in [1.165, 1.54) is 6.07 Å². The second-order valence-corrected chi connectivity index (χ2v) is 10.5. The zero-order valence-corrected chi connectivity index (χ0v) is 21.3. The maximum Gasteiger partial charge on any atom is 0.336 e. The van der Waals surface area contributed by atoms with Crippen LogP contribution in [0.3, 0.4) is 0 Å².